The second-order valence-electron chi connectivity index (χ2n) is 14.0. The van der Waals surface area contributed by atoms with E-state index in [-0.39, 0.29) is 0 Å². The van der Waals surface area contributed by atoms with Crippen molar-refractivity contribution in [3.63, 3.8) is 0 Å². The Kier molecular flexibility index (Phi) is 7.61. The first-order chi connectivity index (χ1) is 27.3. The molecule has 11 rings (SSSR count). The third-order valence-electron chi connectivity index (χ3n) is 10.9. The summed E-state index contributed by atoms with van der Waals surface area (Å²) >= 11 is 3.77. The van der Waals surface area contributed by atoms with Gasteiger partial charge in [-0.2, -0.15) is 0 Å². The highest BCUT2D eigenvalue weighted by molar-refractivity contribution is 7.27. The molecule has 55 heavy (non-hydrogen) atoms. The number of hydrogen-bond donors (Lipinski definition) is 0. The molecular formula is C52H33NS2. The van der Waals surface area contributed by atoms with Crippen molar-refractivity contribution in [3.8, 4) is 33.4 Å². The van der Waals surface area contributed by atoms with Gasteiger partial charge in [0.15, 0.2) is 0 Å². The summed E-state index contributed by atoms with van der Waals surface area (Å²) in [4.78, 5) is 2.54. The third kappa shape index (κ3) is 5.20. The molecule has 3 heteroatoms. The normalized spacial score (nSPS) is 11.6. The molecule has 0 amide bonds. The van der Waals surface area contributed by atoms with Crippen LogP contribution in [0, 0.1) is 0 Å². The summed E-state index contributed by atoms with van der Waals surface area (Å²) in [6, 6.07) is 73.4. The van der Waals surface area contributed by atoms with Gasteiger partial charge in [-0.15, -0.1) is 22.7 Å². The monoisotopic (exact) mass is 735 g/mol. The summed E-state index contributed by atoms with van der Waals surface area (Å²) in [6.45, 7) is 0. The van der Waals surface area contributed by atoms with Crippen LogP contribution in [0.15, 0.2) is 200 Å². The van der Waals surface area contributed by atoms with Crippen LogP contribution in [0.3, 0.4) is 0 Å². The quantitative estimate of drug-likeness (QED) is 0.164. The minimum Gasteiger partial charge on any atom is -0.308 e. The van der Waals surface area contributed by atoms with Crippen LogP contribution in [0.4, 0.5) is 17.1 Å². The van der Waals surface area contributed by atoms with E-state index < -0.39 is 0 Å². The molecule has 2 heterocycles. The van der Waals surface area contributed by atoms with E-state index in [0.717, 1.165) is 11.4 Å². The second-order valence-corrected chi connectivity index (χ2v) is 16.1. The lowest BCUT2D eigenvalue weighted by molar-refractivity contribution is 1.32. The van der Waals surface area contributed by atoms with Crippen LogP contribution in [-0.4, -0.2) is 0 Å². The largest absolute Gasteiger partial charge is 0.308 e. The summed E-state index contributed by atoms with van der Waals surface area (Å²) in [5.41, 5.74) is 10.8. The van der Waals surface area contributed by atoms with Gasteiger partial charge >= 0.3 is 0 Å². The van der Waals surface area contributed by atoms with Gasteiger partial charge in [-0.3, -0.25) is 0 Å². The Hall–Kier alpha value is -6.52. The van der Waals surface area contributed by atoms with Gasteiger partial charge in [0.05, 0.1) is 21.8 Å². The van der Waals surface area contributed by atoms with Crippen molar-refractivity contribution in [1.82, 2.24) is 0 Å². The van der Waals surface area contributed by atoms with Crippen molar-refractivity contribution in [3.05, 3.63) is 200 Å². The molecular weight excluding hydrogens is 703 g/mol. The fourth-order valence-electron chi connectivity index (χ4n) is 8.48. The van der Waals surface area contributed by atoms with E-state index in [4.69, 9.17) is 0 Å². The Bertz CT molecular complexity index is 3200. The maximum absolute atomic E-state index is 2.54. The molecule has 0 bridgehead atoms. The molecule has 1 nitrogen and oxygen atoms in total. The average molecular weight is 736 g/mol. The topological polar surface area (TPSA) is 3.24 Å². The summed E-state index contributed by atoms with van der Waals surface area (Å²) in [5.74, 6) is 0. The van der Waals surface area contributed by atoms with Crippen LogP contribution >= 0.6 is 22.7 Å². The minimum atomic E-state index is 1.14. The number of rotatable bonds is 6. The van der Waals surface area contributed by atoms with E-state index in [1.165, 1.54) is 90.2 Å². The molecule has 0 fully saturated rings. The highest BCUT2D eigenvalue weighted by Crippen LogP contribution is 2.52. The van der Waals surface area contributed by atoms with Crippen LogP contribution in [0.5, 0.6) is 0 Å². The van der Waals surface area contributed by atoms with Gasteiger partial charge in [0.1, 0.15) is 0 Å². The van der Waals surface area contributed by atoms with Crippen molar-refractivity contribution >= 4 is 90.9 Å². The van der Waals surface area contributed by atoms with Crippen molar-refractivity contribution in [2.45, 2.75) is 0 Å². The van der Waals surface area contributed by atoms with Gasteiger partial charge in [0.25, 0.3) is 0 Å². The van der Waals surface area contributed by atoms with Crippen LogP contribution in [-0.2, 0) is 0 Å². The van der Waals surface area contributed by atoms with E-state index in [1.807, 2.05) is 22.7 Å². The van der Waals surface area contributed by atoms with E-state index in [2.05, 4.69) is 205 Å². The predicted molar refractivity (Wildman–Crippen MR) is 241 cm³/mol. The maximum Gasteiger partial charge on any atom is 0.0640 e. The number of fused-ring (bicyclic) bond motifs is 7. The zero-order valence-corrected chi connectivity index (χ0v) is 31.4. The summed E-state index contributed by atoms with van der Waals surface area (Å²) in [5, 5.41) is 7.60. The summed E-state index contributed by atoms with van der Waals surface area (Å²) < 4.78 is 5.19. The van der Waals surface area contributed by atoms with Gasteiger partial charge in [-0.1, -0.05) is 170 Å². The summed E-state index contributed by atoms with van der Waals surface area (Å²) in [7, 11) is 0. The van der Waals surface area contributed by atoms with Crippen LogP contribution in [0.25, 0.3) is 84.5 Å². The van der Waals surface area contributed by atoms with Crippen molar-refractivity contribution in [2.24, 2.45) is 0 Å². The lowest BCUT2D eigenvalue weighted by Crippen LogP contribution is -2.12. The van der Waals surface area contributed by atoms with Gasteiger partial charge in [0, 0.05) is 46.6 Å². The highest BCUT2D eigenvalue weighted by atomic mass is 32.1. The zero-order chi connectivity index (χ0) is 36.3. The Labute approximate surface area is 327 Å². The van der Waals surface area contributed by atoms with E-state index in [1.54, 1.807) is 0 Å². The molecule has 11 aromatic rings. The molecule has 0 saturated carbocycles. The smallest absolute Gasteiger partial charge is 0.0640 e. The highest BCUT2D eigenvalue weighted by Gasteiger charge is 2.25. The van der Waals surface area contributed by atoms with Gasteiger partial charge in [0.2, 0.25) is 0 Å². The Balaban J connectivity index is 1.26. The number of thiophene rings is 2. The average Bonchev–Trinajstić information content (AvgIpc) is 3.84. The zero-order valence-electron chi connectivity index (χ0n) is 29.8. The number of benzene rings is 9. The predicted octanol–water partition coefficient (Wildman–Crippen LogP) is 16.0. The SMILES string of the molecule is c1ccc(-c2c(-c3cccc4sc5ccccc5c34)cccc2N(c2cccc3ccccc23)c2cccc3c2sc2c(-c4ccccc4)cccc23)cc1. The van der Waals surface area contributed by atoms with E-state index >= 15 is 0 Å². The third-order valence-corrected chi connectivity index (χ3v) is 13.3. The van der Waals surface area contributed by atoms with Crippen LogP contribution in [0.2, 0.25) is 0 Å². The molecule has 258 valence electrons. The Morgan fingerprint density at radius 1 is 0.309 bits per heavy atom. The van der Waals surface area contributed by atoms with E-state index in [9.17, 15) is 0 Å². The van der Waals surface area contributed by atoms with Gasteiger partial charge in [-0.25, -0.2) is 0 Å². The molecule has 0 aliphatic rings. The lowest BCUT2D eigenvalue weighted by atomic mass is 9.90. The molecule has 9 aromatic carbocycles. The second kappa shape index (κ2) is 13.1. The van der Waals surface area contributed by atoms with Gasteiger partial charge < -0.3 is 4.90 Å². The van der Waals surface area contributed by atoms with E-state index in [0.29, 0.717) is 0 Å². The molecule has 0 aliphatic heterocycles. The van der Waals surface area contributed by atoms with Crippen LogP contribution in [0.1, 0.15) is 0 Å². The number of anilines is 3. The molecule has 2 aromatic heterocycles. The fraction of sp³-hybridized carbons (Fsp3) is 0. The van der Waals surface area contributed by atoms with Crippen molar-refractivity contribution in [2.75, 3.05) is 4.90 Å². The first kappa shape index (κ1) is 32.0. The molecule has 0 atom stereocenters. The first-order valence-electron chi connectivity index (χ1n) is 18.7. The summed E-state index contributed by atoms with van der Waals surface area (Å²) in [6.07, 6.45) is 0. The molecule has 0 aliphatic carbocycles. The van der Waals surface area contributed by atoms with Crippen LogP contribution < -0.4 is 4.90 Å². The molecule has 0 N–H and O–H groups in total. The minimum absolute atomic E-state index is 1.14. The Morgan fingerprint density at radius 3 is 1.71 bits per heavy atom. The van der Waals surface area contributed by atoms with Gasteiger partial charge in [-0.05, 0) is 63.5 Å². The first-order valence-corrected chi connectivity index (χ1v) is 20.3. The Morgan fingerprint density at radius 2 is 0.855 bits per heavy atom. The standard InChI is InChI=1S/C52H33NS2/c1-3-16-35(17-4-1)38-24-12-27-41-42-28-14-31-46(52(42)55-51(38)41)53(44-29-11-21-34-18-7-8-22-37(34)44)45-30-13-25-39(49(45)36-19-5-2-6-20-36)40-26-15-33-48-50(40)43-23-9-10-32-47(43)54-48/h1-33H. The molecule has 0 unspecified atom stereocenters. The maximum atomic E-state index is 2.54. The van der Waals surface area contributed by atoms with Crippen molar-refractivity contribution < 1.29 is 0 Å². The lowest BCUT2D eigenvalue weighted by Gasteiger charge is -2.30. The molecule has 0 spiro atoms. The molecule has 0 radical (unpaired) electrons. The fourth-order valence-corrected chi connectivity index (χ4v) is 10.9. The molecule has 0 saturated heterocycles. The number of hydrogen-bond acceptors (Lipinski definition) is 3. The number of nitrogens with zero attached hydrogens (tertiary/aromatic N) is 1. The van der Waals surface area contributed by atoms with Crippen molar-refractivity contribution in [1.29, 1.82) is 0 Å².